The van der Waals surface area contributed by atoms with Crippen LogP contribution in [-0.2, 0) is 0 Å². The zero-order valence-electron chi connectivity index (χ0n) is 13.6. The van der Waals surface area contributed by atoms with Gasteiger partial charge in [-0.25, -0.2) is 9.37 Å². The van der Waals surface area contributed by atoms with Gasteiger partial charge in [0.1, 0.15) is 0 Å². The quantitative estimate of drug-likeness (QED) is 0.766. The van der Waals surface area contributed by atoms with Crippen LogP contribution in [0.4, 0.5) is 8.78 Å². The van der Waals surface area contributed by atoms with Crippen LogP contribution in [0.2, 0.25) is 0 Å². The third-order valence-corrected chi connectivity index (χ3v) is 4.07. The van der Waals surface area contributed by atoms with Gasteiger partial charge in [0, 0.05) is 10.9 Å². The summed E-state index contributed by atoms with van der Waals surface area (Å²) in [5.74, 6) is -2.18. The molecule has 3 aromatic rings. The summed E-state index contributed by atoms with van der Waals surface area (Å²) in [6.07, 6.45) is -0.629. The van der Waals surface area contributed by atoms with E-state index in [0.29, 0.717) is 16.8 Å². The lowest BCUT2D eigenvalue weighted by Gasteiger charge is -2.11. The van der Waals surface area contributed by atoms with Crippen LogP contribution in [0.25, 0.3) is 22.2 Å². The minimum Gasteiger partial charge on any atom is -0.494 e. The van der Waals surface area contributed by atoms with Crippen molar-refractivity contribution in [2.45, 2.75) is 20.0 Å². The number of nitrogens with zero attached hydrogens (tertiary/aromatic N) is 1. The van der Waals surface area contributed by atoms with Crippen molar-refractivity contribution in [3.63, 3.8) is 0 Å². The van der Waals surface area contributed by atoms with Crippen LogP contribution < -0.4 is 4.74 Å². The molecule has 0 saturated heterocycles. The molecule has 0 amide bonds. The van der Waals surface area contributed by atoms with E-state index in [2.05, 4.69) is 4.98 Å². The zero-order valence-corrected chi connectivity index (χ0v) is 13.6. The Morgan fingerprint density at radius 1 is 1.08 bits per heavy atom. The van der Waals surface area contributed by atoms with Crippen LogP contribution in [0.1, 0.15) is 24.2 Å². The molecule has 3 nitrogen and oxygen atoms in total. The lowest BCUT2D eigenvalue weighted by molar-refractivity contribution is 0.199. The molecule has 1 N–H and O–H groups in total. The largest absolute Gasteiger partial charge is 0.494 e. The smallest absolute Gasteiger partial charge is 0.201 e. The summed E-state index contributed by atoms with van der Waals surface area (Å²) in [4.78, 5) is 4.45. The van der Waals surface area contributed by atoms with Crippen LogP contribution in [-0.4, -0.2) is 17.2 Å². The summed E-state index contributed by atoms with van der Waals surface area (Å²) in [6, 6.07) is 10.00. The highest BCUT2D eigenvalue weighted by molar-refractivity contribution is 5.85. The van der Waals surface area contributed by atoms with Gasteiger partial charge >= 0.3 is 0 Å². The summed E-state index contributed by atoms with van der Waals surface area (Å²) < 4.78 is 33.1. The maximum atomic E-state index is 14.3. The SMILES string of the molecule is COc1ccc(-c2cc(C)c3ccc(C(C)O)cc3n2)c(F)c1F. The second-order valence-corrected chi connectivity index (χ2v) is 5.72. The van der Waals surface area contributed by atoms with Gasteiger partial charge < -0.3 is 9.84 Å². The summed E-state index contributed by atoms with van der Waals surface area (Å²) in [5, 5.41) is 10.6. The number of rotatable bonds is 3. The molecule has 1 unspecified atom stereocenters. The maximum absolute atomic E-state index is 14.3. The van der Waals surface area contributed by atoms with Gasteiger partial charge in [0.15, 0.2) is 11.6 Å². The summed E-state index contributed by atoms with van der Waals surface area (Å²) in [5.41, 5.74) is 2.64. The van der Waals surface area contributed by atoms with Crippen molar-refractivity contribution < 1.29 is 18.6 Å². The third kappa shape index (κ3) is 2.71. The first-order valence-electron chi connectivity index (χ1n) is 7.54. The Bertz CT molecular complexity index is 923. The summed E-state index contributed by atoms with van der Waals surface area (Å²) >= 11 is 0. The fourth-order valence-electron chi connectivity index (χ4n) is 2.70. The number of aliphatic hydroxyl groups excluding tert-OH is 1. The molecule has 0 spiro atoms. The Labute approximate surface area is 138 Å². The fraction of sp³-hybridized carbons (Fsp3) is 0.211. The number of ether oxygens (including phenoxy) is 1. The van der Waals surface area contributed by atoms with Crippen molar-refractivity contribution in [3.05, 3.63) is 59.2 Å². The number of hydrogen-bond donors (Lipinski definition) is 1. The first-order chi connectivity index (χ1) is 11.4. The highest BCUT2D eigenvalue weighted by Gasteiger charge is 2.17. The van der Waals surface area contributed by atoms with Crippen LogP contribution in [0, 0.1) is 18.6 Å². The van der Waals surface area contributed by atoms with E-state index in [0.717, 1.165) is 10.9 Å². The molecule has 5 heteroatoms. The van der Waals surface area contributed by atoms with Gasteiger partial charge in [0.25, 0.3) is 0 Å². The maximum Gasteiger partial charge on any atom is 0.201 e. The van der Waals surface area contributed by atoms with Crippen LogP contribution >= 0.6 is 0 Å². The van der Waals surface area contributed by atoms with Gasteiger partial charge in [-0.05, 0) is 49.2 Å². The van der Waals surface area contributed by atoms with Crippen LogP contribution in [0.15, 0.2) is 36.4 Å². The Balaban J connectivity index is 2.22. The number of hydrogen-bond acceptors (Lipinski definition) is 3. The first kappa shape index (κ1) is 16.3. The summed E-state index contributed by atoms with van der Waals surface area (Å²) in [6.45, 7) is 3.55. The van der Waals surface area contributed by atoms with E-state index < -0.39 is 17.7 Å². The van der Waals surface area contributed by atoms with Gasteiger partial charge in [0.05, 0.1) is 24.4 Å². The van der Waals surface area contributed by atoms with Crippen molar-refractivity contribution in [1.82, 2.24) is 4.98 Å². The lowest BCUT2D eigenvalue weighted by atomic mass is 10.0. The standard InChI is InChI=1S/C19H17F2NO2/c1-10-8-15(14-6-7-17(24-3)19(21)18(14)20)22-16-9-12(11(2)23)4-5-13(10)16/h4-9,11,23H,1-3H3. The van der Waals surface area contributed by atoms with Gasteiger partial charge in [-0.1, -0.05) is 12.1 Å². The molecule has 3 rings (SSSR count). The van der Waals surface area contributed by atoms with Crippen molar-refractivity contribution >= 4 is 10.9 Å². The van der Waals surface area contributed by atoms with E-state index >= 15 is 0 Å². The normalized spacial score (nSPS) is 12.4. The Morgan fingerprint density at radius 3 is 2.50 bits per heavy atom. The average molecular weight is 329 g/mol. The van der Waals surface area contributed by atoms with E-state index in [1.54, 1.807) is 19.1 Å². The second kappa shape index (κ2) is 6.17. The Morgan fingerprint density at radius 2 is 1.83 bits per heavy atom. The van der Waals surface area contributed by atoms with E-state index in [1.807, 2.05) is 19.1 Å². The number of halogens is 2. The van der Waals surface area contributed by atoms with Crippen molar-refractivity contribution in [2.24, 2.45) is 0 Å². The van der Waals surface area contributed by atoms with Crippen LogP contribution in [0.5, 0.6) is 5.75 Å². The van der Waals surface area contributed by atoms with E-state index in [4.69, 9.17) is 4.74 Å². The van der Waals surface area contributed by atoms with E-state index in [9.17, 15) is 13.9 Å². The number of methoxy groups -OCH3 is 1. The van der Waals surface area contributed by atoms with Gasteiger partial charge in [-0.2, -0.15) is 4.39 Å². The molecule has 0 saturated carbocycles. The fourth-order valence-corrected chi connectivity index (χ4v) is 2.70. The second-order valence-electron chi connectivity index (χ2n) is 5.72. The van der Waals surface area contributed by atoms with Gasteiger partial charge in [0.2, 0.25) is 5.82 Å². The number of fused-ring (bicyclic) bond motifs is 1. The van der Waals surface area contributed by atoms with Crippen molar-refractivity contribution in [1.29, 1.82) is 0 Å². The van der Waals surface area contributed by atoms with Gasteiger partial charge in [-0.3, -0.25) is 0 Å². The highest BCUT2D eigenvalue weighted by Crippen LogP contribution is 2.31. The summed E-state index contributed by atoms with van der Waals surface area (Å²) in [7, 11) is 1.29. The predicted octanol–water partition coefficient (Wildman–Crippen LogP) is 4.55. The highest BCUT2D eigenvalue weighted by atomic mass is 19.2. The molecule has 1 atom stereocenters. The molecule has 0 radical (unpaired) electrons. The van der Waals surface area contributed by atoms with Gasteiger partial charge in [-0.15, -0.1) is 0 Å². The van der Waals surface area contributed by atoms with E-state index in [-0.39, 0.29) is 11.3 Å². The average Bonchev–Trinajstić information content (AvgIpc) is 2.56. The minimum absolute atomic E-state index is 0.0701. The molecule has 1 heterocycles. The molecule has 0 aliphatic rings. The van der Waals surface area contributed by atoms with Crippen molar-refractivity contribution in [2.75, 3.05) is 7.11 Å². The topological polar surface area (TPSA) is 42.4 Å². The molecule has 2 aromatic carbocycles. The number of benzene rings is 2. The number of aliphatic hydroxyl groups is 1. The lowest BCUT2D eigenvalue weighted by Crippen LogP contribution is -1.98. The minimum atomic E-state index is -1.03. The molecular weight excluding hydrogens is 312 g/mol. The Hall–Kier alpha value is -2.53. The monoisotopic (exact) mass is 329 g/mol. The van der Waals surface area contributed by atoms with Crippen LogP contribution in [0.3, 0.4) is 0 Å². The molecule has 0 aliphatic heterocycles. The predicted molar refractivity (Wildman–Crippen MR) is 89.0 cm³/mol. The molecule has 1 aromatic heterocycles. The Kier molecular flexibility index (Phi) is 4.20. The molecule has 24 heavy (non-hydrogen) atoms. The third-order valence-electron chi connectivity index (χ3n) is 4.07. The zero-order chi connectivity index (χ0) is 17.4. The molecule has 124 valence electrons. The number of aromatic nitrogens is 1. The van der Waals surface area contributed by atoms with Crippen molar-refractivity contribution in [3.8, 4) is 17.0 Å². The first-order valence-corrected chi connectivity index (χ1v) is 7.54. The molecule has 0 fully saturated rings. The van der Waals surface area contributed by atoms with E-state index in [1.165, 1.54) is 19.2 Å². The number of pyridine rings is 1. The molecular formula is C19H17F2NO2. The number of aryl methyl sites for hydroxylation is 1. The molecule has 0 bridgehead atoms. The molecule has 0 aliphatic carbocycles.